The number of carbonyl (C=O) groups excluding carboxylic acids is 1. The molecule has 1 saturated heterocycles. The van der Waals surface area contributed by atoms with E-state index in [9.17, 15) is 4.79 Å². The number of nitrogens with zero attached hydrogens (tertiary/aromatic N) is 1. The van der Waals surface area contributed by atoms with Crippen molar-refractivity contribution in [1.29, 1.82) is 0 Å². The van der Waals surface area contributed by atoms with Crippen LogP contribution in [0.4, 0.5) is 0 Å². The van der Waals surface area contributed by atoms with Crippen molar-refractivity contribution in [3.8, 4) is 0 Å². The van der Waals surface area contributed by atoms with Crippen molar-refractivity contribution in [2.75, 3.05) is 13.1 Å². The first-order valence-electron chi connectivity index (χ1n) is 5.49. The third-order valence-corrected chi connectivity index (χ3v) is 3.74. The van der Waals surface area contributed by atoms with E-state index in [0.717, 1.165) is 19.5 Å². The van der Waals surface area contributed by atoms with Crippen LogP contribution >= 0.6 is 0 Å². The molecule has 3 unspecified atom stereocenters. The van der Waals surface area contributed by atoms with E-state index in [2.05, 4.69) is 4.90 Å². The normalized spacial score (nSPS) is 38.2. The predicted molar refractivity (Wildman–Crippen MR) is 54.5 cm³/mol. The van der Waals surface area contributed by atoms with Crippen molar-refractivity contribution >= 4 is 5.91 Å². The maximum absolute atomic E-state index is 11.1. The summed E-state index contributed by atoms with van der Waals surface area (Å²) < 4.78 is 0. The zero-order chi connectivity index (χ0) is 10.1. The topological polar surface area (TPSA) is 72.3 Å². The highest BCUT2D eigenvalue weighted by molar-refractivity contribution is 5.80. The van der Waals surface area contributed by atoms with Crippen molar-refractivity contribution in [2.24, 2.45) is 17.4 Å². The molecule has 4 nitrogen and oxygen atoms in total. The van der Waals surface area contributed by atoms with Gasteiger partial charge in [0.15, 0.2) is 0 Å². The Hall–Kier alpha value is -0.610. The van der Waals surface area contributed by atoms with Crippen LogP contribution < -0.4 is 11.5 Å². The first-order chi connectivity index (χ1) is 6.74. The lowest BCUT2D eigenvalue weighted by atomic mass is 9.93. The molecule has 1 heterocycles. The summed E-state index contributed by atoms with van der Waals surface area (Å²) in [6, 6.07) is 0.512. The second kappa shape index (κ2) is 3.87. The standard InChI is InChI=1S/C10H19N3O/c11-6-7-2-1-3-8(7)13-5-4-9(13)10(12)14/h7-9H,1-6,11H2,(H2,12,14). The van der Waals surface area contributed by atoms with E-state index in [1.54, 1.807) is 0 Å². The highest BCUT2D eigenvalue weighted by Gasteiger charge is 2.41. The molecule has 1 aliphatic carbocycles. The van der Waals surface area contributed by atoms with Crippen LogP contribution in [0.5, 0.6) is 0 Å². The maximum Gasteiger partial charge on any atom is 0.234 e. The molecule has 0 aromatic rings. The number of amides is 1. The molecule has 1 saturated carbocycles. The van der Waals surface area contributed by atoms with Gasteiger partial charge in [-0.25, -0.2) is 0 Å². The Labute approximate surface area is 84.6 Å². The van der Waals surface area contributed by atoms with Gasteiger partial charge in [-0.05, 0) is 31.7 Å². The quantitative estimate of drug-likeness (QED) is 0.651. The van der Waals surface area contributed by atoms with Gasteiger partial charge in [-0.1, -0.05) is 6.42 Å². The van der Waals surface area contributed by atoms with Gasteiger partial charge in [-0.2, -0.15) is 0 Å². The number of likely N-dealkylation sites (tertiary alicyclic amines) is 1. The number of hydrogen-bond donors (Lipinski definition) is 2. The van der Waals surface area contributed by atoms with Crippen LogP contribution in [-0.2, 0) is 4.79 Å². The molecule has 0 radical (unpaired) electrons. The molecule has 4 N–H and O–H groups in total. The van der Waals surface area contributed by atoms with Gasteiger partial charge in [0.2, 0.25) is 5.91 Å². The number of rotatable bonds is 3. The van der Waals surface area contributed by atoms with Gasteiger partial charge in [0.25, 0.3) is 0 Å². The molecule has 1 aliphatic heterocycles. The van der Waals surface area contributed by atoms with Crippen molar-refractivity contribution in [2.45, 2.75) is 37.8 Å². The van der Waals surface area contributed by atoms with Gasteiger partial charge in [-0.3, -0.25) is 9.69 Å². The average molecular weight is 197 g/mol. The SMILES string of the molecule is NCC1CCCC1N1CCC1C(N)=O. The summed E-state index contributed by atoms with van der Waals surface area (Å²) in [5, 5.41) is 0. The Morgan fingerprint density at radius 2 is 2.14 bits per heavy atom. The van der Waals surface area contributed by atoms with Gasteiger partial charge in [0, 0.05) is 12.6 Å². The molecule has 2 fully saturated rings. The van der Waals surface area contributed by atoms with Crippen LogP contribution in [0.1, 0.15) is 25.7 Å². The summed E-state index contributed by atoms with van der Waals surface area (Å²) >= 11 is 0. The van der Waals surface area contributed by atoms with Crippen LogP contribution in [-0.4, -0.2) is 36.0 Å². The molecule has 4 heteroatoms. The highest BCUT2D eigenvalue weighted by Crippen LogP contribution is 2.34. The summed E-state index contributed by atoms with van der Waals surface area (Å²) in [5.74, 6) is 0.413. The lowest BCUT2D eigenvalue weighted by molar-refractivity contribution is -0.130. The van der Waals surface area contributed by atoms with E-state index < -0.39 is 0 Å². The zero-order valence-corrected chi connectivity index (χ0v) is 8.48. The minimum Gasteiger partial charge on any atom is -0.368 e. The minimum absolute atomic E-state index is 0.00727. The molecule has 2 aliphatic rings. The van der Waals surface area contributed by atoms with Gasteiger partial charge < -0.3 is 11.5 Å². The van der Waals surface area contributed by atoms with Crippen molar-refractivity contribution in [3.63, 3.8) is 0 Å². The van der Waals surface area contributed by atoms with Gasteiger partial charge in [-0.15, -0.1) is 0 Å². The molecule has 14 heavy (non-hydrogen) atoms. The average Bonchev–Trinajstić information content (AvgIpc) is 2.49. The van der Waals surface area contributed by atoms with Crippen LogP contribution in [0.3, 0.4) is 0 Å². The number of nitrogens with two attached hydrogens (primary N) is 2. The Bertz CT molecular complexity index is 231. The summed E-state index contributed by atoms with van der Waals surface area (Å²) in [5.41, 5.74) is 11.1. The molecule has 1 amide bonds. The minimum atomic E-state index is -0.168. The van der Waals surface area contributed by atoms with E-state index in [0.29, 0.717) is 12.0 Å². The van der Waals surface area contributed by atoms with E-state index in [1.165, 1.54) is 19.3 Å². The lowest BCUT2D eigenvalue weighted by Crippen LogP contribution is -2.60. The third-order valence-electron chi connectivity index (χ3n) is 3.74. The fraction of sp³-hybridized carbons (Fsp3) is 0.900. The molecule has 3 atom stereocenters. The summed E-state index contributed by atoms with van der Waals surface area (Å²) in [6.45, 7) is 1.77. The zero-order valence-electron chi connectivity index (χ0n) is 8.48. The second-order valence-electron chi connectivity index (χ2n) is 4.44. The molecule has 0 bridgehead atoms. The Morgan fingerprint density at radius 1 is 1.36 bits per heavy atom. The smallest absolute Gasteiger partial charge is 0.234 e. The van der Waals surface area contributed by atoms with Crippen molar-refractivity contribution < 1.29 is 4.79 Å². The van der Waals surface area contributed by atoms with Crippen LogP contribution in [0, 0.1) is 5.92 Å². The molecular weight excluding hydrogens is 178 g/mol. The molecule has 2 rings (SSSR count). The Morgan fingerprint density at radius 3 is 2.64 bits per heavy atom. The van der Waals surface area contributed by atoms with Crippen LogP contribution in [0.15, 0.2) is 0 Å². The molecule has 80 valence electrons. The lowest BCUT2D eigenvalue weighted by Gasteiger charge is -2.45. The summed E-state index contributed by atoms with van der Waals surface area (Å²) in [4.78, 5) is 13.3. The van der Waals surface area contributed by atoms with Crippen LogP contribution in [0.2, 0.25) is 0 Å². The largest absolute Gasteiger partial charge is 0.368 e. The van der Waals surface area contributed by atoms with E-state index >= 15 is 0 Å². The Balaban J connectivity index is 1.97. The molecular formula is C10H19N3O. The monoisotopic (exact) mass is 197 g/mol. The Kier molecular flexibility index (Phi) is 2.74. The second-order valence-corrected chi connectivity index (χ2v) is 4.44. The fourth-order valence-electron chi connectivity index (χ4n) is 2.84. The van der Waals surface area contributed by atoms with Gasteiger partial charge in [0.05, 0.1) is 6.04 Å². The third kappa shape index (κ3) is 1.53. The van der Waals surface area contributed by atoms with E-state index in [4.69, 9.17) is 11.5 Å². The van der Waals surface area contributed by atoms with Crippen molar-refractivity contribution in [3.05, 3.63) is 0 Å². The number of hydrogen-bond acceptors (Lipinski definition) is 3. The number of carbonyl (C=O) groups is 1. The van der Waals surface area contributed by atoms with Gasteiger partial charge >= 0.3 is 0 Å². The van der Waals surface area contributed by atoms with E-state index in [-0.39, 0.29) is 11.9 Å². The summed E-state index contributed by atoms with van der Waals surface area (Å²) in [7, 11) is 0. The first kappa shape index (κ1) is 9.93. The maximum atomic E-state index is 11.1. The number of primary amides is 1. The summed E-state index contributed by atoms with van der Waals surface area (Å²) in [6.07, 6.45) is 4.58. The molecule has 0 aromatic heterocycles. The van der Waals surface area contributed by atoms with E-state index in [1.807, 2.05) is 0 Å². The van der Waals surface area contributed by atoms with Crippen molar-refractivity contribution in [1.82, 2.24) is 4.90 Å². The first-order valence-corrected chi connectivity index (χ1v) is 5.49. The van der Waals surface area contributed by atoms with Crippen LogP contribution in [0.25, 0.3) is 0 Å². The molecule has 0 spiro atoms. The highest BCUT2D eigenvalue weighted by atomic mass is 16.1. The molecule has 0 aromatic carbocycles. The van der Waals surface area contributed by atoms with Gasteiger partial charge in [0.1, 0.15) is 0 Å². The fourth-order valence-corrected chi connectivity index (χ4v) is 2.84. The predicted octanol–water partition coefficient (Wildman–Crippen LogP) is -0.327.